The molecule has 0 amide bonds. The molecule has 46 heavy (non-hydrogen) atoms. The van der Waals surface area contributed by atoms with Crippen molar-refractivity contribution in [2.45, 2.75) is 0 Å². The van der Waals surface area contributed by atoms with Crippen LogP contribution in [0.5, 0.6) is 0 Å². The van der Waals surface area contributed by atoms with Crippen molar-refractivity contribution >= 4 is 65.2 Å². The van der Waals surface area contributed by atoms with E-state index in [-0.39, 0.29) is 0 Å². The summed E-state index contributed by atoms with van der Waals surface area (Å²) in [5, 5.41) is 10.1. The molecule has 0 aliphatic rings. The van der Waals surface area contributed by atoms with Crippen LogP contribution in [0.25, 0.3) is 87.7 Å². The number of nitrogens with zero attached hydrogens (tertiary/aromatic N) is 2. The summed E-state index contributed by atoms with van der Waals surface area (Å²) in [6.45, 7) is 0. The zero-order valence-corrected chi connectivity index (χ0v) is 25.1. The van der Waals surface area contributed by atoms with Gasteiger partial charge in [-0.05, 0) is 81.9 Å². The summed E-state index contributed by atoms with van der Waals surface area (Å²) in [6.07, 6.45) is 0. The van der Waals surface area contributed by atoms with Gasteiger partial charge in [0.05, 0.1) is 27.8 Å². The lowest BCUT2D eigenvalue weighted by molar-refractivity contribution is 1.18. The van der Waals surface area contributed by atoms with Crippen molar-refractivity contribution < 1.29 is 0 Å². The summed E-state index contributed by atoms with van der Waals surface area (Å²) in [4.78, 5) is 0. The highest BCUT2D eigenvalue weighted by Crippen LogP contribution is 2.40. The van der Waals surface area contributed by atoms with Crippen LogP contribution in [0, 0.1) is 0 Å². The first-order chi connectivity index (χ1) is 22.8. The standard InChI is InChI=1S/C44H28N2/c1-2-13-32(14-3-1)45-40-20-10-8-18-36(40)38-26-29(22-24-42(38)45)30-23-25-43-39(27-30)37-19-9-11-21-41(37)46(43)44-28-31-12-4-5-15-33(31)34-16-6-7-17-35(34)44/h1-28H. The lowest BCUT2D eigenvalue weighted by Crippen LogP contribution is -1.96. The average Bonchev–Trinajstić information content (AvgIpc) is 3.64. The zero-order valence-electron chi connectivity index (χ0n) is 25.1. The lowest BCUT2D eigenvalue weighted by Gasteiger charge is -2.14. The molecule has 0 atom stereocenters. The van der Waals surface area contributed by atoms with Gasteiger partial charge in [-0.3, -0.25) is 0 Å². The predicted octanol–water partition coefficient (Wildman–Crippen LogP) is 11.9. The van der Waals surface area contributed by atoms with Gasteiger partial charge in [-0.2, -0.15) is 0 Å². The second kappa shape index (κ2) is 9.69. The molecule has 2 nitrogen and oxygen atoms in total. The van der Waals surface area contributed by atoms with Crippen molar-refractivity contribution in [3.05, 3.63) is 170 Å². The van der Waals surface area contributed by atoms with Crippen LogP contribution in [0.3, 0.4) is 0 Å². The molecule has 0 saturated heterocycles. The maximum Gasteiger partial charge on any atom is 0.0546 e. The van der Waals surface area contributed by atoms with Gasteiger partial charge in [0.2, 0.25) is 0 Å². The van der Waals surface area contributed by atoms with Crippen LogP contribution in [0.4, 0.5) is 0 Å². The van der Waals surface area contributed by atoms with Crippen LogP contribution < -0.4 is 0 Å². The van der Waals surface area contributed by atoms with E-state index in [9.17, 15) is 0 Å². The molecule has 0 bridgehead atoms. The molecule has 0 radical (unpaired) electrons. The highest BCUT2D eigenvalue weighted by molar-refractivity contribution is 6.16. The van der Waals surface area contributed by atoms with Crippen LogP contribution >= 0.6 is 0 Å². The summed E-state index contributed by atoms with van der Waals surface area (Å²) < 4.78 is 4.83. The van der Waals surface area contributed by atoms with Crippen LogP contribution in [-0.4, -0.2) is 9.13 Å². The van der Waals surface area contributed by atoms with E-state index in [0.717, 1.165) is 0 Å². The van der Waals surface area contributed by atoms with Gasteiger partial charge in [0.25, 0.3) is 0 Å². The van der Waals surface area contributed by atoms with Gasteiger partial charge in [-0.15, -0.1) is 0 Å². The van der Waals surface area contributed by atoms with Crippen LogP contribution in [0.2, 0.25) is 0 Å². The molecular formula is C44H28N2. The van der Waals surface area contributed by atoms with Gasteiger partial charge in [0, 0.05) is 32.6 Å². The second-order valence-electron chi connectivity index (χ2n) is 12.2. The Balaban J connectivity index is 1.22. The fraction of sp³-hybridized carbons (Fsp3) is 0. The van der Waals surface area contributed by atoms with E-state index < -0.39 is 0 Å². The van der Waals surface area contributed by atoms with Crippen molar-refractivity contribution in [1.29, 1.82) is 0 Å². The average molecular weight is 585 g/mol. The summed E-state index contributed by atoms with van der Waals surface area (Å²) in [5.74, 6) is 0. The van der Waals surface area contributed by atoms with Crippen molar-refractivity contribution in [1.82, 2.24) is 9.13 Å². The van der Waals surface area contributed by atoms with Gasteiger partial charge in [0.15, 0.2) is 0 Å². The molecule has 0 saturated carbocycles. The number of benzene rings is 8. The van der Waals surface area contributed by atoms with Gasteiger partial charge < -0.3 is 9.13 Å². The van der Waals surface area contributed by atoms with Crippen molar-refractivity contribution in [2.75, 3.05) is 0 Å². The molecule has 0 aliphatic carbocycles. The van der Waals surface area contributed by atoms with Gasteiger partial charge in [0.1, 0.15) is 0 Å². The first kappa shape index (κ1) is 25.2. The van der Waals surface area contributed by atoms with Gasteiger partial charge >= 0.3 is 0 Å². The van der Waals surface area contributed by atoms with Crippen molar-refractivity contribution in [3.8, 4) is 22.5 Å². The van der Waals surface area contributed by atoms with Crippen molar-refractivity contribution in [3.63, 3.8) is 0 Å². The minimum absolute atomic E-state index is 1.18. The molecule has 0 unspecified atom stereocenters. The molecule has 0 fully saturated rings. The molecule has 10 rings (SSSR count). The number of aromatic nitrogens is 2. The third-order valence-electron chi connectivity index (χ3n) is 9.68. The Morgan fingerprint density at radius 3 is 1.43 bits per heavy atom. The van der Waals surface area contributed by atoms with E-state index >= 15 is 0 Å². The first-order valence-electron chi connectivity index (χ1n) is 15.9. The monoisotopic (exact) mass is 584 g/mol. The van der Waals surface area contributed by atoms with E-state index in [0.29, 0.717) is 0 Å². The Morgan fingerprint density at radius 2 is 0.761 bits per heavy atom. The van der Waals surface area contributed by atoms with E-state index in [1.54, 1.807) is 0 Å². The maximum atomic E-state index is 2.46. The van der Waals surface area contributed by atoms with E-state index in [4.69, 9.17) is 0 Å². The van der Waals surface area contributed by atoms with Gasteiger partial charge in [-0.1, -0.05) is 115 Å². The topological polar surface area (TPSA) is 9.86 Å². The van der Waals surface area contributed by atoms with Crippen LogP contribution in [-0.2, 0) is 0 Å². The summed E-state index contributed by atoms with van der Waals surface area (Å²) in [7, 11) is 0. The third kappa shape index (κ3) is 3.59. The minimum atomic E-state index is 1.18. The lowest BCUT2D eigenvalue weighted by atomic mass is 9.99. The van der Waals surface area contributed by atoms with Crippen molar-refractivity contribution in [2.24, 2.45) is 0 Å². The maximum absolute atomic E-state index is 2.46. The molecule has 0 spiro atoms. The quantitative estimate of drug-likeness (QED) is 0.183. The summed E-state index contributed by atoms with van der Waals surface area (Å²) in [6, 6.07) is 62.0. The number of hydrogen-bond donors (Lipinski definition) is 0. The third-order valence-corrected chi connectivity index (χ3v) is 9.68. The Hall–Kier alpha value is -6.12. The number of para-hydroxylation sites is 3. The SMILES string of the molecule is c1ccc(-n2c3ccccc3c3cc(-c4ccc5c(c4)c4ccccc4n5-c4cc5ccccc5c5ccccc45)ccc32)cc1. The fourth-order valence-electron chi connectivity index (χ4n) is 7.64. The molecule has 0 N–H and O–H groups in total. The Kier molecular flexibility index (Phi) is 5.31. The molecule has 10 aromatic rings. The molecular weight excluding hydrogens is 556 g/mol. The van der Waals surface area contributed by atoms with E-state index in [1.807, 2.05) is 0 Å². The minimum Gasteiger partial charge on any atom is -0.309 e. The Bertz CT molecular complexity index is 2800. The molecule has 0 aliphatic heterocycles. The molecule has 214 valence electrons. The normalized spacial score (nSPS) is 11.9. The first-order valence-corrected chi connectivity index (χ1v) is 15.9. The predicted molar refractivity (Wildman–Crippen MR) is 196 cm³/mol. The molecule has 2 heterocycles. The highest BCUT2D eigenvalue weighted by atomic mass is 15.0. The number of hydrogen-bond acceptors (Lipinski definition) is 0. The van der Waals surface area contributed by atoms with E-state index in [1.165, 1.54) is 87.7 Å². The Labute approximate surface area is 266 Å². The number of fused-ring (bicyclic) bond motifs is 9. The summed E-state index contributed by atoms with van der Waals surface area (Å²) >= 11 is 0. The van der Waals surface area contributed by atoms with Crippen LogP contribution in [0.1, 0.15) is 0 Å². The van der Waals surface area contributed by atoms with E-state index in [2.05, 4.69) is 179 Å². The number of rotatable bonds is 3. The van der Waals surface area contributed by atoms with Gasteiger partial charge in [-0.25, -0.2) is 0 Å². The zero-order chi connectivity index (χ0) is 30.2. The smallest absolute Gasteiger partial charge is 0.0546 e. The highest BCUT2D eigenvalue weighted by Gasteiger charge is 2.17. The van der Waals surface area contributed by atoms with Crippen LogP contribution in [0.15, 0.2) is 170 Å². The molecule has 2 heteroatoms. The largest absolute Gasteiger partial charge is 0.309 e. The molecule has 2 aromatic heterocycles. The second-order valence-corrected chi connectivity index (χ2v) is 12.2. The summed E-state index contributed by atoms with van der Waals surface area (Å²) in [5.41, 5.74) is 9.71. The Morgan fingerprint density at radius 1 is 0.283 bits per heavy atom. The molecule has 8 aromatic carbocycles. The fourth-order valence-corrected chi connectivity index (χ4v) is 7.64.